The highest BCUT2D eigenvalue weighted by Gasteiger charge is 2.21. The van der Waals surface area contributed by atoms with Gasteiger partial charge in [-0.1, -0.05) is 62.9 Å². The van der Waals surface area contributed by atoms with Crippen molar-refractivity contribution < 1.29 is 9.90 Å². The summed E-state index contributed by atoms with van der Waals surface area (Å²) < 4.78 is 0. The van der Waals surface area contributed by atoms with Crippen molar-refractivity contribution in [2.75, 3.05) is 13.1 Å². The molecule has 1 aromatic carbocycles. The lowest BCUT2D eigenvalue weighted by Crippen LogP contribution is -2.42. The minimum Gasteiger partial charge on any atom is -0.389 e. The monoisotopic (exact) mass is 333 g/mol. The van der Waals surface area contributed by atoms with Gasteiger partial charge in [-0.3, -0.25) is 4.79 Å². The first kappa shape index (κ1) is 20.7. The summed E-state index contributed by atoms with van der Waals surface area (Å²) in [6, 6.07) is 10.3. The van der Waals surface area contributed by atoms with E-state index in [-0.39, 0.29) is 5.91 Å². The molecule has 0 aromatic heterocycles. The van der Waals surface area contributed by atoms with E-state index in [2.05, 4.69) is 19.1 Å². The number of hydrogen-bond acceptors (Lipinski definition) is 2. The fraction of sp³-hybridized carbons (Fsp3) is 0.667. The van der Waals surface area contributed by atoms with E-state index >= 15 is 0 Å². The normalized spacial score (nSPS) is 11.5. The number of aryl methyl sites for hydroxylation is 1. The van der Waals surface area contributed by atoms with Crippen molar-refractivity contribution >= 4 is 5.91 Å². The molecule has 0 aliphatic rings. The third-order valence-corrected chi connectivity index (χ3v) is 4.16. The van der Waals surface area contributed by atoms with Crippen LogP contribution in [0.3, 0.4) is 0 Å². The summed E-state index contributed by atoms with van der Waals surface area (Å²) in [4.78, 5) is 14.4. The number of benzene rings is 1. The third kappa shape index (κ3) is 9.71. The first-order chi connectivity index (χ1) is 11.4. The van der Waals surface area contributed by atoms with Gasteiger partial charge in [0.2, 0.25) is 5.91 Å². The molecule has 0 atom stereocenters. The number of unbranched alkanes of at least 4 members (excludes halogenated alkanes) is 4. The maximum absolute atomic E-state index is 12.5. The molecule has 3 nitrogen and oxygen atoms in total. The molecule has 0 bridgehead atoms. The van der Waals surface area contributed by atoms with E-state index in [0.717, 1.165) is 32.2 Å². The summed E-state index contributed by atoms with van der Waals surface area (Å²) in [7, 11) is 0. The topological polar surface area (TPSA) is 40.5 Å². The molecule has 1 N–H and O–H groups in total. The van der Waals surface area contributed by atoms with Crippen LogP contribution in [0.25, 0.3) is 0 Å². The second kappa shape index (κ2) is 11.2. The van der Waals surface area contributed by atoms with Crippen molar-refractivity contribution in [3.05, 3.63) is 35.9 Å². The number of carbonyl (C=O) groups excluding carboxylic acids is 1. The molecule has 3 heteroatoms. The summed E-state index contributed by atoms with van der Waals surface area (Å²) in [6.07, 6.45) is 8.26. The Morgan fingerprint density at radius 2 is 1.71 bits per heavy atom. The Labute approximate surface area is 148 Å². The van der Waals surface area contributed by atoms with Crippen molar-refractivity contribution in [1.29, 1.82) is 0 Å². The molecule has 1 rings (SSSR count). The zero-order chi connectivity index (χ0) is 17.8. The molecule has 1 aromatic rings. The molecule has 0 saturated heterocycles. The Balaban J connectivity index is 2.40. The molecule has 0 saturated carbocycles. The number of hydrogen-bond donors (Lipinski definition) is 1. The quantitative estimate of drug-likeness (QED) is 0.569. The van der Waals surface area contributed by atoms with Crippen LogP contribution in [-0.2, 0) is 11.2 Å². The highest BCUT2D eigenvalue weighted by Crippen LogP contribution is 2.12. The zero-order valence-corrected chi connectivity index (χ0v) is 15.8. The van der Waals surface area contributed by atoms with Crippen LogP contribution in [0.15, 0.2) is 30.3 Å². The molecule has 0 spiro atoms. The molecule has 136 valence electrons. The first-order valence-corrected chi connectivity index (χ1v) is 9.46. The minimum atomic E-state index is -0.835. The van der Waals surface area contributed by atoms with E-state index in [1.54, 1.807) is 13.8 Å². The SMILES string of the molecule is CCCCCCCN(CC(C)(C)O)C(=O)CCCc1ccccc1. The lowest BCUT2D eigenvalue weighted by Gasteiger charge is -2.29. The summed E-state index contributed by atoms with van der Waals surface area (Å²) in [5, 5.41) is 10.1. The van der Waals surface area contributed by atoms with Gasteiger partial charge in [-0.05, 0) is 38.7 Å². The van der Waals surface area contributed by atoms with E-state index in [4.69, 9.17) is 0 Å². The molecular weight excluding hydrogens is 298 g/mol. The third-order valence-electron chi connectivity index (χ3n) is 4.16. The van der Waals surface area contributed by atoms with Crippen LogP contribution in [-0.4, -0.2) is 34.6 Å². The number of aliphatic hydroxyl groups is 1. The molecule has 1 amide bonds. The summed E-state index contributed by atoms with van der Waals surface area (Å²) >= 11 is 0. The van der Waals surface area contributed by atoms with Gasteiger partial charge in [-0.25, -0.2) is 0 Å². The zero-order valence-electron chi connectivity index (χ0n) is 15.8. The Bertz CT molecular complexity index is 451. The van der Waals surface area contributed by atoms with Crippen LogP contribution in [0.1, 0.15) is 71.3 Å². The average molecular weight is 334 g/mol. The van der Waals surface area contributed by atoms with Crippen molar-refractivity contribution in [3.63, 3.8) is 0 Å². The summed E-state index contributed by atoms with van der Waals surface area (Å²) in [6.45, 7) is 6.93. The van der Waals surface area contributed by atoms with E-state index in [1.807, 2.05) is 23.1 Å². The number of rotatable bonds is 12. The van der Waals surface area contributed by atoms with Crippen molar-refractivity contribution in [1.82, 2.24) is 4.90 Å². The fourth-order valence-corrected chi connectivity index (χ4v) is 2.91. The van der Waals surface area contributed by atoms with Gasteiger partial charge in [0.1, 0.15) is 0 Å². The number of amides is 1. The second-order valence-corrected chi connectivity index (χ2v) is 7.38. The van der Waals surface area contributed by atoms with Gasteiger partial charge in [-0.15, -0.1) is 0 Å². The minimum absolute atomic E-state index is 0.170. The summed E-state index contributed by atoms with van der Waals surface area (Å²) in [5.41, 5.74) is 0.442. The van der Waals surface area contributed by atoms with E-state index < -0.39 is 5.60 Å². The van der Waals surface area contributed by atoms with Crippen LogP contribution in [0.2, 0.25) is 0 Å². The highest BCUT2D eigenvalue weighted by molar-refractivity contribution is 5.76. The molecule has 24 heavy (non-hydrogen) atoms. The van der Waals surface area contributed by atoms with Crippen LogP contribution in [0, 0.1) is 0 Å². The molecule has 0 radical (unpaired) electrons. The van der Waals surface area contributed by atoms with E-state index in [0.29, 0.717) is 13.0 Å². The maximum atomic E-state index is 12.5. The lowest BCUT2D eigenvalue weighted by molar-refractivity contribution is -0.134. The van der Waals surface area contributed by atoms with Crippen LogP contribution in [0.4, 0.5) is 0 Å². The molecule has 0 fully saturated rings. The average Bonchev–Trinajstić information content (AvgIpc) is 2.53. The summed E-state index contributed by atoms with van der Waals surface area (Å²) in [5.74, 6) is 0.170. The van der Waals surface area contributed by atoms with E-state index in [9.17, 15) is 9.90 Å². The van der Waals surface area contributed by atoms with Gasteiger partial charge in [0.05, 0.1) is 5.60 Å². The molecule has 0 aliphatic carbocycles. The van der Waals surface area contributed by atoms with Crippen LogP contribution in [0.5, 0.6) is 0 Å². The van der Waals surface area contributed by atoms with Crippen molar-refractivity contribution in [3.8, 4) is 0 Å². The predicted octanol–water partition coefficient (Wildman–Crippen LogP) is 4.58. The standard InChI is InChI=1S/C21H35NO2/c1-4-5-6-7-11-17-22(18-21(2,3)24)20(23)16-12-15-19-13-9-8-10-14-19/h8-10,13-14,24H,4-7,11-12,15-18H2,1-3H3. The van der Waals surface area contributed by atoms with Gasteiger partial charge >= 0.3 is 0 Å². The van der Waals surface area contributed by atoms with Gasteiger partial charge < -0.3 is 10.0 Å². The second-order valence-electron chi connectivity index (χ2n) is 7.38. The Kier molecular flexibility index (Phi) is 9.70. The van der Waals surface area contributed by atoms with Gasteiger partial charge in [0.25, 0.3) is 0 Å². The van der Waals surface area contributed by atoms with Crippen LogP contribution >= 0.6 is 0 Å². The van der Waals surface area contributed by atoms with E-state index in [1.165, 1.54) is 24.8 Å². The number of nitrogens with zero attached hydrogens (tertiary/aromatic N) is 1. The molecular formula is C21H35NO2. The van der Waals surface area contributed by atoms with Crippen molar-refractivity contribution in [2.24, 2.45) is 0 Å². The number of carbonyl (C=O) groups is 1. The maximum Gasteiger partial charge on any atom is 0.222 e. The largest absolute Gasteiger partial charge is 0.389 e. The molecule has 0 heterocycles. The first-order valence-electron chi connectivity index (χ1n) is 9.46. The highest BCUT2D eigenvalue weighted by atomic mass is 16.3. The Morgan fingerprint density at radius 3 is 2.33 bits per heavy atom. The molecule has 0 aliphatic heterocycles. The Hall–Kier alpha value is -1.35. The van der Waals surface area contributed by atoms with Crippen molar-refractivity contribution in [2.45, 2.75) is 77.7 Å². The Morgan fingerprint density at radius 1 is 1.04 bits per heavy atom. The van der Waals surface area contributed by atoms with Gasteiger partial charge in [-0.2, -0.15) is 0 Å². The lowest BCUT2D eigenvalue weighted by atomic mass is 10.1. The molecule has 0 unspecified atom stereocenters. The van der Waals surface area contributed by atoms with Crippen LogP contribution < -0.4 is 0 Å². The smallest absolute Gasteiger partial charge is 0.222 e. The predicted molar refractivity (Wildman–Crippen MR) is 101 cm³/mol. The van der Waals surface area contributed by atoms with Gasteiger partial charge in [0.15, 0.2) is 0 Å². The fourth-order valence-electron chi connectivity index (χ4n) is 2.91. The van der Waals surface area contributed by atoms with Gasteiger partial charge in [0, 0.05) is 19.5 Å².